The number of sulfone groups is 1. The van der Waals surface area contributed by atoms with Crippen LogP contribution in [0, 0.1) is 6.92 Å². The molecule has 0 aromatic carbocycles. The van der Waals surface area contributed by atoms with Crippen molar-refractivity contribution in [2.45, 2.75) is 18.5 Å². The Kier molecular flexibility index (Phi) is 3.75. The van der Waals surface area contributed by atoms with E-state index >= 15 is 0 Å². The molecule has 0 bridgehead atoms. The summed E-state index contributed by atoms with van der Waals surface area (Å²) in [5, 5.41) is 3.20. The molecular formula is C12H14N4O2S. The van der Waals surface area contributed by atoms with Crippen molar-refractivity contribution in [3.8, 4) is 0 Å². The van der Waals surface area contributed by atoms with Gasteiger partial charge in [-0.15, -0.1) is 0 Å². The number of hydrogen-bond donors (Lipinski definition) is 1. The Hall–Kier alpha value is -2.02. The van der Waals surface area contributed by atoms with E-state index in [0.717, 1.165) is 23.3 Å². The van der Waals surface area contributed by atoms with Crippen molar-refractivity contribution in [1.29, 1.82) is 0 Å². The highest BCUT2D eigenvalue weighted by Crippen LogP contribution is 2.09. The molecule has 0 fully saturated rings. The zero-order chi connectivity index (χ0) is 13.9. The van der Waals surface area contributed by atoms with Gasteiger partial charge >= 0.3 is 0 Å². The lowest BCUT2D eigenvalue weighted by molar-refractivity contribution is 0.598. The summed E-state index contributed by atoms with van der Waals surface area (Å²) in [6.07, 6.45) is 4.16. The molecule has 0 amide bonds. The summed E-state index contributed by atoms with van der Waals surface area (Å²) in [7, 11) is -3.24. The van der Waals surface area contributed by atoms with Gasteiger partial charge in [-0.25, -0.2) is 23.4 Å². The Morgan fingerprint density at radius 2 is 2.00 bits per heavy atom. The number of pyridine rings is 1. The van der Waals surface area contributed by atoms with Gasteiger partial charge in [-0.1, -0.05) is 6.07 Å². The van der Waals surface area contributed by atoms with Crippen LogP contribution in [0.5, 0.6) is 0 Å². The van der Waals surface area contributed by atoms with Gasteiger partial charge in [-0.05, 0) is 18.6 Å². The first-order chi connectivity index (χ1) is 8.95. The monoisotopic (exact) mass is 278 g/mol. The first-order valence-electron chi connectivity index (χ1n) is 5.62. The molecule has 2 aromatic rings. The summed E-state index contributed by atoms with van der Waals surface area (Å²) < 4.78 is 22.5. The number of nitrogens with zero attached hydrogens (tertiary/aromatic N) is 3. The SMILES string of the molecule is Cc1cc(NCc2ccc(S(C)(=O)=O)nc2)ncn1. The van der Waals surface area contributed by atoms with Crippen molar-refractivity contribution < 1.29 is 8.42 Å². The first-order valence-corrected chi connectivity index (χ1v) is 7.52. The Morgan fingerprint density at radius 3 is 2.58 bits per heavy atom. The minimum absolute atomic E-state index is 0.0779. The van der Waals surface area contributed by atoms with Gasteiger partial charge in [0.15, 0.2) is 14.9 Å². The molecule has 0 aliphatic rings. The van der Waals surface area contributed by atoms with Gasteiger partial charge < -0.3 is 5.32 Å². The van der Waals surface area contributed by atoms with Crippen LogP contribution in [0.2, 0.25) is 0 Å². The second-order valence-corrected chi connectivity index (χ2v) is 6.14. The van der Waals surface area contributed by atoms with Gasteiger partial charge in [0.05, 0.1) is 0 Å². The zero-order valence-corrected chi connectivity index (χ0v) is 11.5. The molecule has 0 aliphatic carbocycles. The average Bonchev–Trinajstić information content (AvgIpc) is 2.36. The number of aryl methyl sites for hydroxylation is 1. The van der Waals surface area contributed by atoms with E-state index < -0.39 is 9.84 Å². The second-order valence-electron chi connectivity index (χ2n) is 4.18. The number of hydrogen-bond acceptors (Lipinski definition) is 6. The van der Waals surface area contributed by atoms with E-state index in [1.807, 2.05) is 13.0 Å². The molecule has 0 unspecified atom stereocenters. The fourth-order valence-corrected chi connectivity index (χ4v) is 2.04. The quantitative estimate of drug-likeness (QED) is 0.904. The summed E-state index contributed by atoms with van der Waals surface area (Å²) in [6.45, 7) is 2.41. The standard InChI is InChI=1S/C12H14N4O2S/c1-9-5-11(16-8-15-9)13-6-10-3-4-12(14-7-10)19(2,17)18/h3-5,7-8H,6H2,1-2H3,(H,13,15,16). The van der Waals surface area contributed by atoms with Crippen molar-refractivity contribution in [3.05, 3.63) is 42.0 Å². The third-order valence-electron chi connectivity index (χ3n) is 2.45. The average molecular weight is 278 g/mol. The smallest absolute Gasteiger partial charge is 0.192 e. The van der Waals surface area contributed by atoms with Crippen LogP contribution < -0.4 is 5.32 Å². The largest absolute Gasteiger partial charge is 0.366 e. The Labute approximate surface area is 111 Å². The molecule has 2 rings (SSSR count). The van der Waals surface area contributed by atoms with Crippen LogP contribution in [0.1, 0.15) is 11.3 Å². The maximum absolute atomic E-state index is 11.3. The lowest BCUT2D eigenvalue weighted by Gasteiger charge is -2.06. The Morgan fingerprint density at radius 1 is 1.21 bits per heavy atom. The van der Waals surface area contributed by atoms with E-state index in [4.69, 9.17) is 0 Å². The maximum atomic E-state index is 11.3. The fourth-order valence-electron chi connectivity index (χ4n) is 1.48. The van der Waals surface area contributed by atoms with Crippen molar-refractivity contribution in [1.82, 2.24) is 15.0 Å². The van der Waals surface area contributed by atoms with Gasteiger partial charge in [0.2, 0.25) is 0 Å². The molecule has 0 spiro atoms. The summed E-state index contributed by atoms with van der Waals surface area (Å²) in [6, 6.07) is 5.06. The van der Waals surface area contributed by atoms with Crippen LogP contribution >= 0.6 is 0 Å². The molecule has 2 aromatic heterocycles. The minimum Gasteiger partial charge on any atom is -0.366 e. The molecule has 19 heavy (non-hydrogen) atoms. The maximum Gasteiger partial charge on any atom is 0.192 e. The van der Waals surface area contributed by atoms with Gasteiger partial charge in [-0.2, -0.15) is 0 Å². The molecule has 0 saturated carbocycles. The third-order valence-corrected chi connectivity index (χ3v) is 3.46. The summed E-state index contributed by atoms with van der Waals surface area (Å²) >= 11 is 0. The fraction of sp³-hybridized carbons (Fsp3) is 0.250. The van der Waals surface area contributed by atoms with Crippen molar-refractivity contribution in [2.75, 3.05) is 11.6 Å². The van der Waals surface area contributed by atoms with Crippen molar-refractivity contribution in [2.24, 2.45) is 0 Å². The number of rotatable bonds is 4. The molecule has 0 aliphatic heterocycles. The summed E-state index contributed by atoms with van der Waals surface area (Å²) in [5.41, 5.74) is 1.76. The lowest BCUT2D eigenvalue weighted by Crippen LogP contribution is -2.04. The molecule has 2 heterocycles. The highest BCUT2D eigenvalue weighted by Gasteiger charge is 2.07. The molecule has 7 heteroatoms. The second kappa shape index (κ2) is 5.31. The zero-order valence-electron chi connectivity index (χ0n) is 10.7. The van der Waals surface area contributed by atoms with E-state index in [0.29, 0.717) is 6.54 Å². The van der Waals surface area contributed by atoms with E-state index in [9.17, 15) is 8.42 Å². The normalized spacial score (nSPS) is 11.3. The lowest BCUT2D eigenvalue weighted by atomic mass is 10.3. The topological polar surface area (TPSA) is 84.8 Å². The van der Waals surface area contributed by atoms with Crippen molar-refractivity contribution in [3.63, 3.8) is 0 Å². The van der Waals surface area contributed by atoms with Gasteiger partial charge in [0.1, 0.15) is 12.1 Å². The molecule has 100 valence electrons. The predicted molar refractivity (Wildman–Crippen MR) is 71.4 cm³/mol. The highest BCUT2D eigenvalue weighted by atomic mass is 32.2. The Balaban J connectivity index is 2.05. The highest BCUT2D eigenvalue weighted by molar-refractivity contribution is 7.90. The predicted octanol–water partition coefficient (Wildman–Crippen LogP) is 1.20. The van der Waals surface area contributed by atoms with Gasteiger partial charge in [-0.3, -0.25) is 0 Å². The van der Waals surface area contributed by atoms with Crippen LogP contribution in [-0.4, -0.2) is 29.6 Å². The van der Waals surface area contributed by atoms with E-state index in [1.165, 1.54) is 18.6 Å². The summed E-state index contributed by atoms with van der Waals surface area (Å²) in [4.78, 5) is 12.0. The van der Waals surface area contributed by atoms with Crippen LogP contribution in [0.3, 0.4) is 0 Å². The van der Waals surface area contributed by atoms with E-state index in [-0.39, 0.29) is 5.03 Å². The number of nitrogens with one attached hydrogen (secondary N) is 1. The molecule has 0 saturated heterocycles. The van der Waals surface area contributed by atoms with E-state index in [1.54, 1.807) is 6.07 Å². The van der Waals surface area contributed by atoms with Gasteiger partial charge in [0.25, 0.3) is 0 Å². The molecule has 6 nitrogen and oxygen atoms in total. The Bertz CT molecular complexity index is 668. The first kappa shape index (κ1) is 13.4. The number of aromatic nitrogens is 3. The summed E-state index contributed by atoms with van der Waals surface area (Å²) in [5.74, 6) is 0.722. The van der Waals surface area contributed by atoms with Crippen molar-refractivity contribution >= 4 is 15.7 Å². The third kappa shape index (κ3) is 3.72. The number of anilines is 1. The van der Waals surface area contributed by atoms with Crippen LogP contribution in [-0.2, 0) is 16.4 Å². The minimum atomic E-state index is -3.24. The molecular weight excluding hydrogens is 264 g/mol. The molecule has 1 N–H and O–H groups in total. The van der Waals surface area contributed by atoms with Crippen LogP contribution in [0.25, 0.3) is 0 Å². The van der Waals surface area contributed by atoms with Gasteiger partial charge in [0, 0.05) is 30.8 Å². The van der Waals surface area contributed by atoms with Crippen LogP contribution in [0.4, 0.5) is 5.82 Å². The van der Waals surface area contributed by atoms with Crippen LogP contribution in [0.15, 0.2) is 35.7 Å². The molecule has 0 radical (unpaired) electrons. The molecule has 0 atom stereocenters. The van der Waals surface area contributed by atoms with E-state index in [2.05, 4.69) is 20.3 Å².